The van der Waals surface area contributed by atoms with E-state index in [0.29, 0.717) is 17.0 Å². The maximum atomic E-state index is 12.3. The predicted molar refractivity (Wildman–Crippen MR) is 69.3 cm³/mol. The van der Waals surface area contributed by atoms with Crippen molar-refractivity contribution in [3.63, 3.8) is 0 Å². The highest BCUT2D eigenvalue weighted by atomic mass is 16.2. The summed E-state index contributed by atoms with van der Waals surface area (Å²) < 4.78 is 0. The van der Waals surface area contributed by atoms with Gasteiger partial charge in [-0.25, -0.2) is 0 Å². The summed E-state index contributed by atoms with van der Waals surface area (Å²) in [5, 5.41) is 0. The Labute approximate surface area is 107 Å². The second-order valence-corrected chi connectivity index (χ2v) is 4.94. The van der Waals surface area contributed by atoms with Crippen LogP contribution in [-0.2, 0) is 0 Å². The van der Waals surface area contributed by atoms with Crippen molar-refractivity contribution in [2.75, 3.05) is 13.1 Å². The van der Waals surface area contributed by atoms with Gasteiger partial charge >= 0.3 is 0 Å². The Bertz CT molecular complexity index is 471. The van der Waals surface area contributed by atoms with Gasteiger partial charge in [0.15, 0.2) is 0 Å². The molecule has 0 aliphatic carbocycles. The number of amides is 2. The van der Waals surface area contributed by atoms with Gasteiger partial charge in [-0.2, -0.15) is 0 Å². The third-order valence-electron chi connectivity index (χ3n) is 3.34. The quantitative estimate of drug-likeness (QED) is 0.862. The zero-order valence-corrected chi connectivity index (χ0v) is 10.6. The van der Waals surface area contributed by atoms with Gasteiger partial charge in [-0.15, -0.1) is 0 Å². The lowest BCUT2D eigenvalue weighted by molar-refractivity contribution is 0.0683. The number of primary amides is 1. The van der Waals surface area contributed by atoms with Crippen LogP contribution in [0.25, 0.3) is 0 Å². The number of piperidine rings is 1. The molecule has 4 nitrogen and oxygen atoms in total. The Hall–Kier alpha value is -1.84. The summed E-state index contributed by atoms with van der Waals surface area (Å²) in [5.74, 6) is 0.0309. The Morgan fingerprint density at radius 2 is 2.06 bits per heavy atom. The minimum atomic E-state index is -0.503. The Morgan fingerprint density at radius 1 is 1.33 bits per heavy atom. The number of carbonyl (C=O) groups excluding carboxylic acids is 2. The normalized spacial score (nSPS) is 19.6. The van der Waals surface area contributed by atoms with Gasteiger partial charge in [0.2, 0.25) is 5.91 Å². The smallest absolute Gasteiger partial charge is 0.253 e. The number of hydrogen-bond donors (Lipinski definition) is 1. The fourth-order valence-electron chi connectivity index (χ4n) is 2.36. The van der Waals surface area contributed by atoms with Crippen LogP contribution in [0.4, 0.5) is 0 Å². The maximum Gasteiger partial charge on any atom is 0.253 e. The molecule has 1 aliphatic rings. The van der Waals surface area contributed by atoms with Crippen molar-refractivity contribution in [2.45, 2.75) is 19.8 Å². The number of nitrogens with zero attached hydrogens (tertiary/aromatic N) is 1. The molecular weight excluding hydrogens is 228 g/mol. The second-order valence-electron chi connectivity index (χ2n) is 4.94. The van der Waals surface area contributed by atoms with Gasteiger partial charge in [0.05, 0.1) is 0 Å². The van der Waals surface area contributed by atoms with E-state index in [-0.39, 0.29) is 5.91 Å². The van der Waals surface area contributed by atoms with E-state index in [4.69, 9.17) is 5.73 Å². The first-order chi connectivity index (χ1) is 8.58. The summed E-state index contributed by atoms with van der Waals surface area (Å²) in [6, 6.07) is 6.62. The lowest BCUT2D eigenvalue weighted by atomic mass is 9.99. The molecule has 1 heterocycles. The third-order valence-corrected chi connectivity index (χ3v) is 3.34. The summed E-state index contributed by atoms with van der Waals surface area (Å²) in [6.45, 7) is 3.74. The number of benzene rings is 1. The molecule has 1 atom stereocenters. The van der Waals surface area contributed by atoms with E-state index in [1.165, 1.54) is 6.42 Å². The van der Waals surface area contributed by atoms with Gasteiger partial charge in [-0.05, 0) is 37.0 Å². The molecule has 1 aromatic rings. The van der Waals surface area contributed by atoms with Crippen molar-refractivity contribution in [2.24, 2.45) is 11.7 Å². The van der Waals surface area contributed by atoms with E-state index >= 15 is 0 Å². The van der Waals surface area contributed by atoms with Crippen LogP contribution in [0.3, 0.4) is 0 Å². The lowest BCUT2D eigenvalue weighted by Crippen LogP contribution is -2.39. The molecule has 0 saturated carbocycles. The zero-order chi connectivity index (χ0) is 13.1. The molecule has 1 unspecified atom stereocenters. The molecule has 0 bridgehead atoms. The molecule has 96 valence electrons. The molecule has 18 heavy (non-hydrogen) atoms. The third kappa shape index (κ3) is 2.70. The van der Waals surface area contributed by atoms with Crippen molar-refractivity contribution < 1.29 is 9.59 Å². The highest BCUT2D eigenvalue weighted by Gasteiger charge is 2.22. The number of nitrogens with two attached hydrogens (primary N) is 1. The highest BCUT2D eigenvalue weighted by Crippen LogP contribution is 2.18. The van der Waals surface area contributed by atoms with Crippen LogP contribution in [-0.4, -0.2) is 29.8 Å². The molecule has 0 aromatic heterocycles. The molecule has 2 rings (SSSR count). The summed E-state index contributed by atoms with van der Waals surface area (Å²) >= 11 is 0. The van der Waals surface area contributed by atoms with E-state index in [9.17, 15) is 9.59 Å². The molecule has 0 radical (unpaired) electrons. The predicted octanol–water partition coefficient (Wildman–Crippen LogP) is 1.66. The van der Waals surface area contributed by atoms with Crippen LogP contribution in [0.2, 0.25) is 0 Å². The first-order valence-corrected chi connectivity index (χ1v) is 6.27. The molecular formula is C14H18N2O2. The average molecular weight is 246 g/mol. The largest absolute Gasteiger partial charge is 0.366 e. The standard InChI is InChI=1S/C14H18N2O2/c1-10-4-3-7-16(9-10)14(18)12-6-2-5-11(8-12)13(15)17/h2,5-6,8,10H,3-4,7,9H2,1H3,(H2,15,17). The summed E-state index contributed by atoms with van der Waals surface area (Å²) in [4.78, 5) is 25.3. The van der Waals surface area contributed by atoms with E-state index < -0.39 is 5.91 Å². The summed E-state index contributed by atoms with van der Waals surface area (Å²) in [6.07, 6.45) is 2.22. The summed E-state index contributed by atoms with van der Waals surface area (Å²) in [7, 11) is 0. The molecule has 1 aromatic carbocycles. The topological polar surface area (TPSA) is 63.4 Å². The van der Waals surface area contributed by atoms with E-state index in [1.807, 2.05) is 4.90 Å². The molecule has 0 spiro atoms. The zero-order valence-electron chi connectivity index (χ0n) is 10.6. The second kappa shape index (κ2) is 5.21. The van der Waals surface area contributed by atoms with Crippen LogP contribution in [0, 0.1) is 5.92 Å². The first kappa shape index (κ1) is 12.6. The number of hydrogen-bond acceptors (Lipinski definition) is 2. The van der Waals surface area contributed by atoms with Crippen molar-refractivity contribution >= 4 is 11.8 Å². The Morgan fingerprint density at radius 3 is 2.72 bits per heavy atom. The Balaban J connectivity index is 2.17. The van der Waals surface area contributed by atoms with E-state index in [1.54, 1.807) is 24.3 Å². The van der Waals surface area contributed by atoms with Crippen LogP contribution >= 0.6 is 0 Å². The Kier molecular flexibility index (Phi) is 3.65. The first-order valence-electron chi connectivity index (χ1n) is 6.27. The van der Waals surface area contributed by atoms with Gasteiger partial charge in [-0.1, -0.05) is 13.0 Å². The number of likely N-dealkylation sites (tertiary alicyclic amines) is 1. The fraction of sp³-hybridized carbons (Fsp3) is 0.429. The minimum Gasteiger partial charge on any atom is -0.366 e. The summed E-state index contributed by atoms with van der Waals surface area (Å²) in [5.41, 5.74) is 6.14. The van der Waals surface area contributed by atoms with E-state index in [0.717, 1.165) is 19.5 Å². The van der Waals surface area contributed by atoms with Crippen molar-refractivity contribution in [3.8, 4) is 0 Å². The van der Waals surface area contributed by atoms with Gasteiger partial charge < -0.3 is 10.6 Å². The van der Waals surface area contributed by atoms with Gasteiger partial charge in [0.25, 0.3) is 5.91 Å². The monoisotopic (exact) mass is 246 g/mol. The van der Waals surface area contributed by atoms with Gasteiger partial charge in [0, 0.05) is 24.2 Å². The molecule has 4 heteroatoms. The van der Waals surface area contributed by atoms with Crippen LogP contribution in [0.15, 0.2) is 24.3 Å². The molecule has 1 fully saturated rings. The molecule has 2 amide bonds. The van der Waals surface area contributed by atoms with Crippen molar-refractivity contribution in [1.82, 2.24) is 4.90 Å². The lowest BCUT2D eigenvalue weighted by Gasteiger charge is -2.31. The van der Waals surface area contributed by atoms with Gasteiger partial charge in [-0.3, -0.25) is 9.59 Å². The number of rotatable bonds is 2. The highest BCUT2D eigenvalue weighted by molar-refractivity contribution is 5.99. The molecule has 2 N–H and O–H groups in total. The maximum absolute atomic E-state index is 12.3. The fourth-order valence-corrected chi connectivity index (χ4v) is 2.36. The minimum absolute atomic E-state index is 0.00958. The number of carbonyl (C=O) groups is 2. The van der Waals surface area contributed by atoms with Crippen LogP contribution in [0.1, 0.15) is 40.5 Å². The SMILES string of the molecule is CC1CCCN(C(=O)c2cccc(C(N)=O)c2)C1. The van der Waals surface area contributed by atoms with Gasteiger partial charge in [0.1, 0.15) is 0 Å². The molecule has 1 aliphatic heterocycles. The van der Waals surface area contributed by atoms with E-state index in [2.05, 4.69) is 6.92 Å². The van der Waals surface area contributed by atoms with Crippen molar-refractivity contribution in [1.29, 1.82) is 0 Å². The molecule has 1 saturated heterocycles. The average Bonchev–Trinajstić information content (AvgIpc) is 2.38. The van der Waals surface area contributed by atoms with Crippen LogP contribution < -0.4 is 5.73 Å². The van der Waals surface area contributed by atoms with Crippen LogP contribution in [0.5, 0.6) is 0 Å². The van der Waals surface area contributed by atoms with Crippen molar-refractivity contribution in [3.05, 3.63) is 35.4 Å².